The number of likely N-dealkylation sites (tertiary alicyclic amines) is 1. The van der Waals surface area contributed by atoms with Crippen LogP contribution in [0.5, 0.6) is 0 Å². The van der Waals surface area contributed by atoms with Crippen molar-refractivity contribution in [3.63, 3.8) is 0 Å². The average Bonchev–Trinajstić information content (AvgIpc) is 2.96. The summed E-state index contributed by atoms with van der Waals surface area (Å²) in [4.78, 5) is 20.4. The molecule has 2 bridgehead atoms. The van der Waals surface area contributed by atoms with Gasteiger partial charge in [-0.2, -0.15) is 0 Å². The Hall–Kier alpha value is -1.43. The number of nitrogens with one attached hydrogen (secondary N) is 1. The van der Waals surface area contributed by atoms with E-state index in [0.717, 1.165) is 51.3 Å². The fraction of sp³-hybridized carbons (Fsp3) is 0.650. The van der Waals surface area contributed by atoms with Crippen LogP contribution in [0.3, 0.4) is 0 Å². The maximum Gasteiger partial charge on any atom is 0.244 e. The van der Waals surface area contributed by atoms with Crippen molar-refractivity contribution in [3.8, 4) is 0 Å². The first-order chi connectivity index (χ1) is 12.2. The molecule has 5 heteroatoms. The van der Waals surface area contributed by atoms with Crippen molar-refractivity contribution in [1.82, 2.24) is 20.0 Å². The van der Waals surface area contributed by atoms with Gasteiger partial charge in [0, 0.05) is 51.4 Å². The Morgan fingerprint density at radius 2 is 1.72 bits per heavy atom. The molecule has 0 aromatic heterocycles. The minimum Gasteiger partial charge on any atom is -0.339 e. The summed E-state index contributed by atoms with van der Waals surface area (Å²) >= 11 is 0. The van der Waals surface area contributed by atoms with Gasteiger partial charge in [0.15, 0.2) is 0 Å². The maximum atomic E-state index is 13.6. The molecule has 3 fully saturated rings. The first-order valence-corrected chi connectivity index (χ1v) is 9.73. The predicted octanol–water partition coefficient (Wildman–Crippen LogP) is 1.33. The van der Waals surface area contributed by atoms with Crippen LogP contribution in [0.4, 0.5) is 0 Å². The molecule has 3 unspecified atom stereocenters. The summed E-state index contributed by atoms with van der Waals surface area (Å²) in [6.45, 7) is 5.74. The van der Waals surface area contributed by atoms with E-state index in [9.17, 15) is 4.79 Å². The molecule has 5 nitrogen and oxygen atoms in total. The zero-order chi connectivity index (χ0) is 17.2. The average molecular weight is 342 g/mol. The first kappa shape index (κ1) is 17.0. The smallest absolute Gasteiger partial charge is 0.244 e. The van der Waals surface area contributed by atoms with Crippen LogP contribution in [0.2, 0.25) is 0 Å². The molecule has 1 aromatic rings. The molecule has 0 aliphatic carbocycles. The minimum atomic E-state index is -0.133. The van der Waals surface area contributed by atoms with Gasteiger partial charge in [-0.05, 0) is 31.9 Å². The third kappa shape index (κ3) is 3.73. The molecule has 0 saturated carbocycles. The summed E-state index contributed by atoms with van der Waals surface area (Å²) < 4.78 is 0. The second-order valence-corrected chi connectivity index (χ2v) is 7.86. The summed E-state index contributed by atoms with van der Waals surface area (Å²) in [5, 5.41) is 3.69. The van der Waals surface area contributed by atoms with Gasteiger partial charge in [-0.15, -0.1) is 0 Å². The maximum absolute atomic E-state index is 13.6. The number of likely N-dealkylation sites (N-methyl/N-ethyl adjacent to an activating group) is 1. The fourth-order valence-corrected chi connectivity index (χ4v) is 4.54. The zero-order valence-electron chi connectivity index (χ0n) is 15.2. The van der Waals surface area contributed by atoms with Gasteiger partial charge in [0.25, 0.3) is 0 Å². The third-order valence-electron chi connectivity index (χ3n) is 6.09. The van der Waals surface area contributed by atoms with Crippen molar-refractivity contribution in [3.05, 3.63) is 35.9 Å². The number of fused-ring (bicyclic) bond motifs is 2. The lowest BCUT2D eigenvalue weighted by molar-refractivity contribution is -0.138. The summed E-state index contributed by atoms with van der Waals surface area (Å²) in [6, 6.07) is 11.3. The summed E-state index contributed by atoms with van der Waals surface area (Å²) in [5.74, 6) is 0.296. The van der Waals surface area contributed by atoms with Gasteiger partial charge in [0.2, 0.25) is 5.91 Å². The van der Waals surface area contributed by atoms with Crippen LogP contribution in [0, 0.1) is 0 Å². The van der Waals surface area contributed by atoms with E-state index in [1.165, 1.54) is 12.8 Å². The Morgan fingerprint density at radius 3 is 2.48 bits per heavy atom. The summed E-state index contributed by atoms with van der Waals surface area (Å²) in [7, 11) is 2.16. The van der Waals surface area contributed by atoms with Crippen molar-refractivity contribution in [2.75, 3.05) is 46.3 Å². The van der Waals surface area contributed by atoms with Gasteiger partial charge in [-0.1, -0.05) is 30.3 Å². The molecule has 3 aliphatic rings. The molecule has 3 heterocycles. The molecule has 3 aliphatic heterocycles. The fourth-order valence-electron chi connectivity index (χ4n) is 4.54. The van der Waals surface area contributed by atoms with Crippen molar-refractivity contribution in [2.24, 2.45) is 0 Å². The van der Waals surface area contributed by atoms with Crippen LogP contribution in [0.1, 0.15) is 30.9 Å². The largest absolute Gasteiger partial charge is 0.339 e. The lowest BCUT2D eigenvalue weighted by Gasteiger charge is -2.39. The monoisotopic (exact) mass is 342 g/mol. The molecule has 25 heavy (non-hydrogen) atoms. The first-order valence-electron chi connectivity index (χ1n) is 9.73. The molecule has 3 atom stereocenters. The molecule has 3 saturated heterocycles. The van der Waals surface area contributed by atoms with Crippen molar-refractivity contribution in [1.29, 1.82) is 0 Å². The highest BCUT2D eigenvalue weighted by Gasteiger charge is 2.36. The van der Waals surface area contributed by atoms with E-state index in [-0.39, 0.29) is 6.04 Å². The highest BCUT2D eigenvalue weighted by Crippen LogP contribution is 2.27. The van der Waals surface area contributed by atoms with E-state index >= 15 is 0 Å². The SMILES string of the molecule is CN1CCN(C(C(=O)N2CCC3CCC(C2)N3)c2ccccc2)CC1. The summed E-state index contributed by atoms with van der Waals surface area (Å²) in [6.07, 6.45) is 3.57. The molecular weight excluding hydrogens is 312 g/mol. The van der Waals surface area contributed by atoms with E-state index in [0.29, 0.717) is 18.0 Å². The Kier molecular flexibility index (Phi) is 5.06. The van der Waals surface area contributed by atoms with E-state index < -0.39 is 0 Å². The van der Waals surface area contributed by atoms with E-state index in [1.807, 2.05) is 6.07 Å². The predicted molar refractivity (Wildman–Crippen MR) is 99.4 cm³/mol. The van der Waals surface area contributed by atoms with Gasteiger partial charge >= 0.3 is 0 Å². The summed E-state index contributed by atoms with van der Waals surface area (Å²) in [5.41, 5.74) is 1.14. The number of hydrogen-bond donors (Lipinski definition) is 1. The van der Waals surface area contributed by atoms with E-state index in [1.54, 1.807) is 0 Å². The normalized spacial score (nSPS) is 29.4. The molecule has 1 aromatic carbocycles. The number of rotatable bonds is 3. The number of nitrogens with zero attached hydrogens (tertiary/aromatic N) is 3. The molecular formula is C20H30N4O. The van der Waals surface area contributed by atoms with Gasteiger partial charge in [0.05, 0.1) is 0 Å². The number of hydrogen-bond acceptors (Lipinski definition) is 4. The second kappa shape index (κ2) is 7.44. The Balaban J connectivity index is 1.55. The number of carbonyl (C=O) groups is 1. The highest BCUT2D eigenvalue weighted by molar-refractivity contribution is 5.83. The third-order valence-corrected chi connectivity index (χ3v) is 6.09. The van der Waals surface area contributed by atoms with E-state index in [4.69, 9.17) is 0 Å². The topological polar surface area (TPSA) is 38.8 Å². The van der Waals surface area contributed by atoms with Gasteiger partial charge in [0.1, 0.15) is 6.04 Å². The lowest BCUT2D eigenvalue weighted by Crippen LogP contribution is -2.51. The van der Waals surface area contributed by atoms with Crippen molar-refractivity contribution in [2.45, 2.75) is 37.4 Å². The molecule has 1 amide bonds. The highest BCUT2D eigenvalue weighted by atomic mass is 16.2. The number of benzene rings is 1. The van der Waals surface area contributed by atoms with Crippen molar-refractivity contribution >= 4 is 5.91 Å². The number of carbonyl (C=O) groups excluding carboxylic acids is 1. The second-order valence-electron chi connectivity index (χ2n) is 7.86. The van der Waals surface area contributed by atoms with Crippen LogP contribution in [0.25, 0.3) is 0 Å². The molecule has 4 rings (SSSR count). The van der Waals surface area contributed by atoms with Crippen LogP contribution >= 0.6 is 0 Å². The Labute approximate surface area is 151 Å². The van der Waals surface area contributed by atoms with Gasteiger partial charge in [-0.25, -0.2) is 0 Å². The number of amides is 1. The standard InChI is InChI=1S/C20H30N4O/c1-22-11-13-23(14-12-22)19(16-5-3-2-4-6-16)20(25)24-10-9-17-7-8-18(15-24)21-17/h2-6,17-19,21H,7-15H2,1H3. The zero-order valence-corrected chi connectivity index (χ0v) is 15.2. The Bertz CT molecular complexity index is 585. The minimum absolute atomic E-state index is 0.133. The van der Waals surface area contributed by atoms with Gasteiger partial charge in [-0.3, -0.25) is 9.69 Å². The lowest BCUT2D eigenvalue weighted by atomic mass is 10.0. The molecule has 0 spiro atoms. The van der Waals surface area contributed by atoms with Gasteiger partial charge < -0.3 is 15.1 Å². The van der Waals surface area contributed by atoms with Crippen molar-refractivity contribution < 1.29 is 4.79 Å². The van der Waals surface area contributed by atoms with Crippen LogP contribution < -0.4 is 5.32 Å². The van der Waals surface area contributed by atoms with E-state index in [2.05, 4.69) is 51.3 Å². The molecule has 1 N–H and O–H groups in total. The van der Waals surface area contributed by atoms with Crippen LogP contribution in [-0.4, -0.2) is 79.0 Å². The molecule has 136 valence electrons. The quantitative estimate of drug-likeness (QED) is 0.899. The number of piperazine rings is 1. The Morgan fingerprint density at radius 1 is 1.00 bits per heavy atom. The van der Waals surface area contributed by atoms with Crippen LogP contribution in [0.15, 0.2) is 30.3 Å². The molecule has 0 radical (unpaired) electrons. The van der Waals surface area contributed by atoms with Crippen LogP contribution in [-0.2, 0) is 4.79 Å².